The van der Waals surface area contributed by atoms with Gasteiger partial charge in [0.05, 0.1) is 22.5 Å². The van der Waals surface area contributed by atoms with E-state index in [4.69, 9.17) is 4.98 Å². The third kappa shape index (κ3) is 3.03. The van der Waals surface area contributed by atoms with E-state index in [1.54, 1.807) is 0 Å². The maximum Gasteiger partial charge on any atom is 0.338 e. The molecule has 1 saturated heterocycles. The van der Waals surface area contributed by atoms with Gasteiger partial charge in [-0.05, 0) is 18.9 Å². The van der Waals surface area contributed by atoms with Gasteiger partial charge in [-0.3, -0.25) is 0 Å². The molecule has 1 aliphatic rings. The lowest BCUT2D eigenvalue weighted by Crippen LogP contribution is -2.27. The summed E-state index contributed by atoms with van der Waals surface area (Å²) in [6.45, 7) is 1.75. The predicted octanol–water partition coefficient (Wildman–Crippen LogP) is 4.98. The summed E-state index contributed by atoms with van der Waals surface area (Å²) in [4.78, 5) is 19.4. The second kappa shape index (κ2) is 7.16. The number of carboxylic acids is 1. The summed E-state index contributed by atoms with van der Waals surface area (Å²) < 4.78 is 0. The molecular weight excluding hydrogens is 324 g/mol. The molecule has 4 nitrogen and oxygen atoms in total. The zero-order valence-electron chi connectivity index (χ0n) is 14.7. The van der Waals surface area contributed by atoms with Gasteiger partial charge in [0.2, 0.25) is 0 Å². The Bertz CT molecular complexity index is 930. The number of aromatic nitrogens is 1. The summed E-state index contributed by atoms with van der Waals surface area (Å²) in [7, 11) is 0. The first kappa shape index (κ1) is 16.6. The fourth-order valence-electron chi connectivity index (χ4n) is 3.82. The van der Waals surface area contributed by atoms with Crippen LogP contribution in [-0.2, 0) is 0 Å². The summed E-state index contributed by atoms with van der Waals surface area (Å²) in [5.74, 6) is -0.889. The molecule has 0 spiro atoms. The van der Waals surface area contributed by atoms with Gasteiger partial charge in [-0.25, -0.2) is 9.78 Å². The van der Waals surface area contributed by atoms with E-state index in [1.165, 1.54) is 12.8 Å². The lowest BCUT2D eigenvalue weighted by atomic mass is 10.00. The molecule has 1 N–H and O–H groups in total. The molecule has 2 aromatic carbocycles. The monoisotopic (exact) mass is 346 g/mol. The molecular formula is C22H22N2O2. The Labute approximate surface area is 153 Å². The molecule has 4 rings (SSSR count). The maximum atomic E-state index is 12.3. The molecule has 0 bridgehead atoms. The Balaban J connectivity index is 2.04. The number of hydrogen-bond acceptors (Lipinski definition) is 3. The molecule has 26 heavy (non-hydrogen) atoms. The lowest BCUT2D eigenvalue weighted by Gasteiger charge is -2.27. The summed E-state index contributed by atoms with van der Waals surface area (Å²) in [5, 5.41) is 10.8. The minimum atomic E-state index is -0.889. The quantitative estimate of drug-likeness (QED) is 0.726. The van der Waals surface area contributed by atoms with Crippen LogP contribution >= 0.6 is 0 Å². The number of benzene rings is 2. The van der Waals surface area contributed by atoms with E-state index in [1.807, 2.05) is 54.6 Å². The second-order valence-corrected chi connectivity index (χ2v) is 6.77. The van der Waals surface area contributed by atoms with Gasteiger partial charge in [0.1, 0.15) is 0 Å². The van der Waals surface area contributed by atoms with Crippen LogP contribution in [0.25, 0.3) is 22.2 Å². The zero-order chi connectivity index (χ0) is 17.9. The standard InChI is InChI=1S/C22H22N2O2/c25-22(26)19-17-12-6-7-13-18(17)23-20(16-10-4-3-5-11-16)21(19)24-14-8-1-2-9-15-24/h3-7,10-13H,1-2,8-9,14-15H2,(H,25,26). The molecule has 0 amide bonds. The Morgan fingerprint density at radius 3 is 2.23 bits per heavy atom. The highest BCUT2D eigenvalue weighted by Gasteiger charge is 2.25. The summed E-state index contributed by atoms with van der Waals surface area (Å²) in [6, 6.07) is 17.5. The zero-order valence-corrected chi connectivity index (χ0v) is 14.7. The van der Waals surface area contributed by atoms with Crippen molar-refractivity contribution in [2.24, 2.45) is 0 Å². The van der Waals surface area contributed by atoms with Crippen LogP contribution in [0.1, 0.15) is 36.0 Å². The van der Waals surface area contributed by atoms with Gasteiger partial charge in [0, 0.05) is 24.0 Å². The van der Waals surface area contributed by atoms with Crippen LogP contribution in [0.5, 0.6) is 0 Å². The van der Waals surface area contributed by atoms with Crippen LogP contribution < -0.4 is 4.90 Å². The van der Waals surface area contributed by atoms with E-state index in [-0.39, 0.29) is 0 Å². The molecule has 3 aromatic rings. The fourth-order valence-corrected chi connectivity index (χ4v) is 3.82. The normalized spacial score (nSPS) is 15.0. The number of aromatic carboxylic acids is 1. The highest BCUT2D eigenvalue weighted by molar-refractivity contribution is 6.10. The molecule has 0 radical (unpaired) electrons. The van der Waals surface area contributed by atoms with E-state index < -0.39 is 5.97 Å². The third-order valence-corrected chi connectivity index (χ3v) is 5.05. The molecule has 0 aliphatic carbocycles. The number of para-hydroxylation sites is 1. The van der Waals surface area contributed by atoms with Gasteiger partial charge in [-0.15, -0.1) is 0 Å². The van der Waals surface area contributed by atoms with Crippen molar-refractivity contribution in [3.8, 4) is 11.3 Å². The molecule has 1 aliphatic heterocycles. The number of carbonyl (C=O) groups is 1. The van der Waals surface area contributed by atoms with Crippen molar-refractivity contribution in [1.82, 2.24) is 4.98 Å². The highest BCUT2D eigenvalue weighted by atomic mass is 16.4. The molecule has 0 unspecified atom stereocenters. The number of pyridine rings is 1. The van der Waals surface area contributed by atoms with Crippen LogP contribution in [0.3, 0.4) is 0 Å². The largest absolute Gasteiger partial charge is 0.478 e. The first-order chi connectivity index (χ1) is 12.8. The molecule has 0 saturated carbocycles. The van der Waals surface area contributed by atoms with Crippen LogP contribution in [-0.4, -0.2) is 29.1 Å². The SMILES string of the molecule is O=C(O)c1c(N2CCCCCC2)c(-c2ccccc2)nc2ccccc12. The van der Waals surface area contributed by atoms with Crippen molar-refractivity contribution in [2.75, 3.05) is 18.0 Å². The van der Waals surface area contributed by atoms with Gasteiger partial charge in [-0.2, -0.15) is 0 Å². The van der Waals surface area contributed by atoms with E-state index in [2.05, 4.69) is 4.90 Å². The van der Waals surface area contributed by atoms with Gasteiger partial charge < -0.3 is 10.0 Å². The average Bonchev–Trinajstić information content (AvgIpc) is 2.96. The number of nitrogens with zero attached hydrogens (tertiary/aromatic N) is 2. The number of anilines is 1. The first-order valence-electron chi connectivity index (χ1n) is 9.22. The average molecular weight is 346 g/mol. The molecule has 1 fully saturated rings. The number of rotatable bonds is 3. The van der Waals surface area contributed by atoms with E-state index >= 15 is 0 Å². The molecule has 132 valence electrons. The fraction of sp³-hybridized carbons (Fsp3) is 0.273. The Morgan fingerprint density at radius 2 is 1.54 bits per heavy atom. The lowest BCUT2D eigenvalue weighted by molar-refractivity contribution is 0.0699. The number of fused-ring (bicyclic) bond motifs is 1. The smallest absolute Gasteiger partial charge is 0.338 e. The summed E-state index contributed by atoms with van der Waals surface area (Å²) in [6.07, 6.45) is 4.56. The number of hydrogen-bond donors (Lipinski definition) is 1. The third-order valence-electron chi connectivity index (χ3n) is 5.05. The minimum Gasteiger partial charge on any atom is -0.478 e. The van der Waals surface area contributed by atoms with Crippen molar-refractivity contribution in [2.45, 2.75) is 25.7 Å². The molecule has 2 heterocycles. The van der Waals surface area contributed by atoms with Crippen molar-refractivity contribution in [3.05, 3.63) is 60.2 Å². The second-order valence-electron chi connectivity index (χ2n) is 6.77. The van der Waals surface area contributed by atoms with Crippen LogP contribution in [0.4, 0.5) is 5.69 Å². The summed E-state index contributed by atoms with van der Waals surface area (Å²) >= 11 is 0. The maximum absolute atomic E-state index is 12.3. The van der Waals surface area contributed by atoms with Gasteiger partial charge in [0.25, 0.3) is 0 Å². The predicted molar refractivity (Wildman–Crippen MR) is 105 cm³/mol. The first-order valence-corrected chi connectivity index (χ1v) is 9.22. The van der Waals surface area contributed by atoms with Crippen molar-refractivity contribution < 1.29 is 9.90 Å². The molecule has 4 heteroatoms. The van der Waals surface area contributed by atoms with Gasteiger partial charge in [-0.1, -0.05) is 61.4 Å². The van der Waals surface area contributed by atoms with Gasteiger partial charge >= 0.3 is 5.97 Å². The van der Waals surface area contributed by atoms with E-state index in [0.717, 1.165) is 48.4 Å². The molecule has 1 aromatic heterocycles. The topological polar surface area (TPSA) is 53.4 Å². The summed E-state index contributed by atoms with van der Waals surface area (Å²) in [5.41, 5.74) is 3.59. The number of carboxylic acid groups (broad SMARTS) is 1. The van der Waals surface area contributed by atoms with Crippen molar-refractivity contribution in [3.63, 3.8) is 0 Å². The minimum absolute atomic E-state index is 0.372. The van der Waals surface area contributed by atoms with Gasteiger partial charge in [0.15, 0.2) is 0 Å². The highest BCUT2D eigenvalue weighted by Crippen LogP contribution is 2.38. The van der Waals surface area contributed by atoms with Crippen molar-refractivity contribution >= 4 is 22.6 Å². The van der Waals surface area contributed by atoms with Crippen LogP contribution in [0, 0.1) is 0 Å². The Hall–Kier alpha value is -2.88. The van der Waals surface area contributed by atoms with Crippen LogP contribution in [0.15, 0.2) is 54.6 Å². The molecule has 0 atom stereocenters. The van der Waals surface area contributed by atoms with E-state index in [9.17, 15) is 9.90 Å². The van der Waals surface area contributed by atoms with Crippen LogP contribution in [0.2, 0.25) is 0 Å². The Morgan fingerprint density at radius 1 is 0.885 bits per heavy atom. The van der Waals surface area contributed by atoms with Crippen molar-refractivity contribution in [1.29, 1.82) is 0 Å². The van der Waals surface area contributed by atoms with E-state index in [0.29, 0.717) is 10.9 Å². The Kier molecular flexibility index (Phi) is 4.57.